The first-order valence-corrected chi connectivity index (χ1v) is 6.42. The summed E-state index contributed by atoms with van der Waals surface area (Å²) in [7, 11) is 0. The Kier molecular flexibility index (Phi) is 2.54. The minimum atomic E-state index is 0.554. The van der Waals surface area contributed by atoms with E-state index in [0.717, 1.165) is 11.8 Å². The molecule has 0 aliphatic heterocycles. The molecular formula is C13H18N2O. The van der Waals surface area contributed by atoms with E-state index in [9.17, 15) is 4.79 Å². The van der Waals surface area contributed by atoms with Gasteiger partial charge in [-0.15, -0.1) is 0 Å². The molecule has 2 saturated carbocycles. The van der Waals surface area contributed by atoms with Crippen LogP contribution in [0.15, 0.2) is 6.20 Å². The molecule has 0 bridgehead atoms. The summed E-state index contributed by atoms with van der Waals surface area (Å²) in [5.41, 5.74) is 2.05. The Hall–Kier alpha value is -1.12. The third-order valence-corrected chi connectivity index (χ3v) is 3.88. The van der Waals surface area contributed by atoms with Gasteiger partial charge in [-0.25, -0.2) is 0 Å². The quantitative estimate of drug-likeness (QED) is 0.731. The van der Waals surface area contributed by atoms with Gasteiger partial charge < -0.3 is 0 Å². The van der Waals surface area contributed by atoms with Crippen LogP contribution in [0.5, 0.6) is 0 Å². The molecule has 1 aromatic heterocycles. The van der Waals surface area contributed by atoms with E-state index in [4.69, 9.17) is 0 Å². The van der Waals surface area contributed by atoms with Crippen molar-refractivity contribution in [2.75, 3.05) is 0 Å². The Bertz CT molecular complexity index is 387. The van der Waals surface area contributed by atoms with Gasteiger partial charge in [0.2, 0.25) is 0 Å². The Labute approximate surface area is 95.8 Å². The van der Waals surface area contributed by atoms with E-state index in [1.807, 2.05) is 0 Å². The maximum absolute atomic E-state index is 11.0. The molecule has 1 aromatic rings. The molecule has 3 nitrogen and oxygen atoms in total. The largest absolute Gasteiger partial charge is 0.298 e. The van der Waals surface area contributed by atoms with Crippen molar-refractivity contribution >= 4 is 6.29 Å². The number of aldehydes is 1. The van der Waals surface area contributed by atoms with Gasteiger partial charge in [0.15, 0.2) is 6.29 Å². The van der Waals surface area contributed by atoms with Crippen LogP contribution in [0.2, 0.25) is 0 Å². The van der Waals surface area contributed by atoms with Crippen LogP contribution in [0.25, 0.3) is 0 Å². The lowest BCUT2D eigenvalue weighted by atomic mass is 9.95. The lowest BCUT2D eigenvalue weighted by molar-refractivity contribution is 0.112. The molecule has 2 aliphatic rings. The number of rotatable bonds is 3. The SMILES string of the molecule is O=Cc1cnn(C2CCCCC2)c1C1CC1. The van der Waals surface area contributed by atoms with Gasteiger partial charge in [0.05, 0.1) is 23.5 Å². The second kappa shape index (κ2) is 4.04. The molecule has 16 heavy (non-hydrogen) atoms. The van der Waals surface area contributed by atoms with Crippen molar-refractivity contribution in [2.45, 2.75) is 56.9 Å². The second-order valence-electron chi connectivity index (χ2n) is 5.11. The van der Waals surface area contributed by atoms with Gasteiger partial charge >= 0.3 is 0 Å². The second-order valence-corrected chi connectivity index (χ2v) is 5.11. The fraction of sp³-hybridized carbons (Fsp3) is 0.692. The molecule has 0 N–H and O–H groups in total. The monoisotopic (exact) mass is 218 g/mol. The van der Waals surface area contributed by atoms with Crippen LogP contribution in [0, 0.1) is 0 Å². The number of aromatic nitrogens is 2. The molecule has 2 fully saturated rings. The molecule has 3 heteroatoms. The van der Waals surface area contributed by atoms with Crippen LogP contribution >= 0.6 is 0 Å². The van der Waals surface area contributed by atoms with Gasteiger partial charge in [0, 0.05) is 5.92 Å². The third-order valence-electron chi connectivity index (χ3n) is 3.88. The maximum atomic E-state index is 11.0. The number of hydrogen-bond donors (Lipinski definition) is 0. The molecule has 0 radical (unpaired) electrons. The zero-order valence-corrected chi connectivity index (χ0v) is 9.56. The van der Waals surface area contributed by atoms with Crippen LogP contribution in [-0.2, 0) is 0 Å². The summed E-state index contributed by atoms with van der Waals surface area (Å²) >= 11 is 0. The Balaban J connectivity index is 1.92. The van der Waals surface area contributed by atoms with Gasteiger partial charge in [-0.1, -0.05) is 19.3 Å². The highest BCUT2D eigenvalue weighted by Gasteiger charge is 2.32. The first kappa shape index (κ1) is 10.1. The van der Waals surface area contributed by atoms with E-state index in [1.54, 1.807) is 6.20 Å². The van der Waals surface area contributed by atoms with E-state index in [1.165, 1.54) is 50.6 Å². The van der Waals surface area contributed by atoms with Crippen LogP contribution in [0.1, 0.15) is 73.0 Å². The number of carbonyl (C=O) groups is 1. The molecule has 0 aromatic carbocycles. The van der Waals surface area contributed by atoms with Crippen LogP contribution < -0.4 is 0 Å². The smallest absolute Gasteiger partial charge is 0.153 e. The van der Waals surface area contributed by atoms with E-state index in [0.29, 0.717) is 12.0 Å². The molecule has 0 spiro atoms. The van der Waals surface area contributed by atoms with Gasteiger partial charge in [-0.05, 0) is 25.7 Å². The van der Waals surface area contributed by atoms with Crippen molar-refractivity contribution in [2.24, 2.45) is 0 Å². The Morgan fingerprint density at radius 3 is 2.56 bits per heavy atom. The highest BCUT2D eigenvalue weighted by Crippen LogP contribution is 2.43. The molecule has 0 atom stereocenters. The summed E-state index contributed by atoms with van der Waals surface area (Å²) in [4.78, 5) is 11.0. The molecular weight excluding hydrogens is 200 g/mol. The fourth-order valence-electron chi connectivity index (χ4n) is 2.87. The van der Waals surface area contributed by atoms with Crippen LogP contribution in [0.4, 0.5) is 0 Å². The molecule has 0 amide bonds. The molecule has 1 heterocycles. The first-order chi connectivity index (χ1) is 7.90. The highest BCUT2D eigenvalue weighted by atomic mass is 16.1. The first-order valence-electron chi connectivity index (χ1n) is 6.42. The number of nitrogens with zero attached hydrogens (tertiary/aromatic N) is 2. The standard InChI is InChI=1S/C13H18N2O/c16-9-11-8-14-15(13(11)10-6-7-10)12-4-2-1-3-5-12/h8-10,12H,1-7H2. The Morgan fingerprint density at radius 1 is 1.19 bits per heavy atom. The fourth-order valence-corrected chi connectivity index (χ4v) is 2.87. The highest BCUT2D eigenvalue weighted by molar-refractivity contribution is 5.76. The summed E-state index contributed by atoms with van der Waals surface area (Å²) in [6.45, 7) is 0. The zero-order valence-electron chi connectivity index (χ0n) is 9.56. The topological polar surface area (TPSA) is 34.9 Å². The number of hydrogen-bond acceptors (Lipinski definition) is 2. The maximum Gasteiger partial charge on any atom is 0.153 e. The lowest BCUT2D eigenvalue weighted by Gasteiger charge is -2.24. The average Bonchev–Trinajstić information content (AvgIpc) is 3.09. The molecule has 0 unspecified atom stereocenters. The van der Waals surface area contributed by atoms with E-state index in [2.05, 4.69) is 9.78 Å². The molecule has 3 rings (SSSR count). The van der Waals surface area contributed by atoms with E-state index in [-0.39, 0.29) is 0 Å². The summed E-state index contributed by atoms with van der Waals surface area (Å²) in [5, 5.41) is 4.46. The van der Waals surface area contributed by atoms with Crippen molar-refractivity contribution in [3.05, 3.63) is 17.5 Å². The van der Waals surface area contributed by atoms with Crippen molar-refractivity contribution in [1.82, 2.24) is 9.78 Å². The predicted molar refractivity (Wildman–Crippen MR) is 61.7 cm³/mol. The summed E-state index contributed by atoms with van der Waals surface area (Å²) in [6.07, 6.45) is 11.7. The van der Waals surface area contributed by atoms with Crippen molar-refractivity contribution in [3.8, 4) is 0 Å². The molecule has 0 saturated heterocycles. The number of carbonyl (C=O) groups excluding carboxylic acids is 1. The summed E-state index contributed by atoms with van der Waals surface area (Å²) in [5.74, 6) is 0.615. The molecule has 86 valence electrons. The average molecular weight is 218 g/mol. The van der Waals surface area contributed by atoms with Gasteiger partial charge in [-0.2, -0.15) is 5.10 Å². The minimum Gasteiger partial charge on any atom is -0.298 e. The lowest BCUT2D eigenvalue weighted by Crippen LogP contribution is -2.16. The van der Waals surface area contributed by atoms with Crippen LogP contribution in [-0.4, -0.2) is 16.1 Å². The van der Waals surface area contributed by atoms with Gasteiger partial charge in [0.1, 0.15) is 0 Å². The summed E-state index contributed by atoms with van der Waals surface area (Å²) in [6, 6.07) is 0.554. The van der Waals surface area contributed by atoms with Gasteiger partial charge in [0.25, 0.3) is 0 Å². The Morgan fingerprint density at radius 2 is 1.94 bits per heavy atom. The summed E-state index contributed by atoms with van der Waals surface area (Å²) < 4.78 is 2.17. The zero-order chi connectivity index (χ0) is 11.0. The van der Waals surface area contributed by atoms with Crippen molar-refractivity contribution in [3.63, 3.8) is 0 Å². The van der Waals surface area contributed by atoms with Crippen molar-refractivity contribution < 1.29 is 4.79 Å². The van der Waals surface area contributed by atoms with Crippen LogP contribution in [0.3, 0.4) is 0 Å². The minimum absolute atomic E-state index is 0.554. The van der Waals surface area contributed by atoms with Crippen molar-refractivity contribution in [1.29, 1.82) is 0 Å². The van der Waals surface area contributed by atoms with E-state index < -0.39 is 0 Å². The predicted octanol–water partition coefficient (Wildman–Crippen LogP) is 3.08. The molecule has 2 aliphatic carbocycles. The van der Waals surface area contributed by atoms with Gasteiger partial charge in [-0.3, -0.25) is 9.48 Å². The third kappa shape index (κ3) is 1.68. The normalized spacial score (nSPS) is 22.2. The van der Waals surface area contributed by atoms with E-state index >= 15 is 0 Å².